The number of thioether (sulfide) groups is 1. The van der Waals surface area contributed by atoms with Crippen LogP contribution in [0.25, 0.3) is 0 Å². The molecule has 26 heavy (non-hydrogen) atoms. The van der Waals surface area contributed by atoms with Gasteiger partial charge in [0, 0.05) is 30.2 Å². The van der Waals surface area contributed by atoms with E-state index in [0.717, 1.165) is 17.7 Å². The van der Waals surface area contributed by atoms with Crippen LogP contribution in [0, 0.1) is 0 Å². The van der Waals surface area contributed by atoms with Gasteiger partial charge in [0.25, 0.3) is 0 Å². The van der Waals surface area contributed by atoms with E-state index in [1.54, 1.807) is 11.1 Å². The zero-order chi connectivity index (χ0) is 18.5. The minimum atomic E-state index is -0.456. The second-order valence-electron chi connectivity index (χ2n) is 5.66. The van der Waals surface area contributed by atoms with Gasteiger partial charge >= 0.3 is 0 Å². The Balaban J connectivity index is 1.69. The minimum absolute atomic E-state index is 0.0771. The third kappa shape index (κ3) is 4.13. The van der Waals surface area contributed by atoms with E-state index in [2.05, 4.69) is 15.3 Å². The summed E-state index contributed by atoms with van der Waals surface area (Å²) in [6.45, 7) is 4.46. The van der Waals surface area contributed by atoms with Gasteiger partial charge in [0.2, 0.25) is 16.9 Å². The number of thiazole rings is 1. The summed E-state index contributed by atoms with van der Waals surface area (Å²) in [5.41, 5.74) is 1.88. The maximum Gasteiger partial charge on any atom is 0.242 e. The first-order valence-corrected chi connectivity index (χ1v) is 10.2. The van der Waals surface area contributed by atoms with Gasteiger partial charge in [-0.05, 0) is 25.0 Å². The van der Waals surface area contributed by atoms with Crippen molar-refractivity contribution in [1.82, 2.24) is 9.88 Å². The van der Waals surface area contributed by atoms with Crippen molar-refractivity contribution in [3.05, 3.63) is 41.4 Å². The van der Waals surface area contributed by atoms with Gasteiger partial charge < -0.3 is 5.32 Å². The van der Waals surface area contributed by atoms with Crippen LogP contribution in [0.3, 0.4) is 0 Å². The van der Waals surface area contributed by atoms with E-state index in [9.17, 15) is 9.59 Å². The summed E-state index contributed by atoms with van der Waals surface area (Å²) in [6.07, 6.45) is 2.63. The third-order valence-corrected chi connectivity index (χ3v) is 5.83. The molecule has 8 heteroatoms. The normalized spacial score (nSPS) is 18.5. The predicted octanol–water partition coefficient (Wildman–Crippen LogP) is 3.69. The SMILES string of the molecule is CCc1ccccc1NC(=O)C[C@H]1SC(=Nc2nccs2)N(CC)C1=O. The lowest BCUT2D eigenvalue weighted by molar-refractivity contribution is -0.128. The Morgan fingerprint density at radius 1 is 1.35 bits per heavy atom. The van der Waals surface area contributed by atoms with Gasteiger partial charge in [0.05, 0.1) is 0 Å². The molecule has 2 heterocycles. The molecule has 1 atom stereocenters. The molecule has 1 N–H and O–H groups in total. The zero-order valence-electron chi connectivity index (χ0n) is 14.6. The monoisotopic (exact) mass is 388 g/mol. The van der Waals surface area contributed by atoms with E-state index in [0.29, 0.717) is 16.8 Å². The van der Waals surface area contributed by atoms with Gasteiger partial charge in [0.1, 0.15) is 5.25 Å². The van der Waals surface area contributed by atoms with Crippen LogP contribution >= 0.6 is 23.1 Å². The first-order chi connectivity index (χ1) is 12.6. The van der Waals surface area contributed by atoms with Gasteiger partial charge in [-0.3, -0.25) is 14.5 Å². The number of carbonyl (C=O) groups excluding carboxylic acids is 2. The number of para-hydroxylation sites is 1. The highest BCUT2D eigenvalue weighted by molar-refractivity contribution is 8.15. The summed E-state index contributed by atoms with van der Waals surface area (Å²) >= 11 is 2.75. The number of aliphatic imine (C=N–C) groups is 1. The van der Waals surface area contributed by atoms with Gasteiger partial charge in [-0.15, -0.1) is 11.3 Å². The van der Waals surface area contributed by atoms with E-state index in [1.165, 1.54) is 23.1 Å². The molecule has 0 unspecified atom stereocenters. The largest absolute Gasteiger partial charge is 0.326 e. The molecule has 0 bridgehead atoms. The number of benzene rings is 1. The van der Waals surface area contributed by atoms with Crippen LogP contribution in [0.2, 0.25) is 0 Å². The molecule has 0 aliphatic carbocycles. The molecule has 2 aromatic rings. The van der Waals surface area contributed by atoms with Crippen LogP contribution in [0.1, 0.15) is 25.8 Å². The summed E-state index contributed by atoms with van der Waals surface area (Å²) in [4.78, 5) is 35.3. The fourth-order valence-electron chi connectivity index (χ4n) is 2.69. The maximum absolute atomic E-state index is 12.6. The van der Waals surface area contributed by atoms with Crippen molar-refractivity contribution >= 4 is 50.9 Å². The highest BCUT2D eigenvalue weighted by Crippen LogP contribution is 2.32. The number of aryl methyl sites for hydroxylation is 1. The fraction of sp³-hybridized carbons (Fsp3) is 0.333. The van der Waals surface area contributed by atoms with Crippen molar-refractivity contribution in [2.45, 2.75) is 31.9 Å². The van der Waals surface area contributed by atoms with Gasteiger partial charge in [-0.1, -0.05) is 36.9 Å². The Morgan fingerprint density at radius 3 is 2.85 bits per heavy atom. The van der Waals surface area contributed by atoms with Crippen molar-refractivity contribution in [2.24, 2.45) is 4.99 Å². The van der Waals surface area contributed by atoms with E-state index < -0.39 is 5.25 Å². The van der Waals surface area contributed by atoms with Crippen molar-refractivity contribution in [2.75, 3.05) is 11.9 Å². The van der Waals surface area contributed by atoms with Crippen molar-refractivity contribution in [3.8, 4) is 0 Å². The van der Waals surface area contributed by atoms with Gasteiger partial charge in [-0.2, -0.15) is 4.99 Å². The molecule has 1 aliphatic heterocycles. The Morgan fingerprint density at radius 2 is 2.15 bits per heavy atom. The number of hydrogen-bond acceptors (Lipinski definition) is 6. The Bertz CT molecular complexity index is 820. The Labute approximate surface area is 160 Å². The molecule has 136 valence electrons. The number of amides is 2. The van der Waals surface area contributed by atoms with E-state index >= 15 is 0 Å². The van der Waals surface area contributed by atoms with Crippen molar-refractivity contribution in [3.63, 3.8) is 0 Å². The lowest BCUT2D eigenvalue weighted by Gasteiger charge is -2.13. The lowest BCUT2D eigenvalue weighted by Crippen LogP contribution is -2.33. The zero-order valence-corrected chi connectivity index (χ0v) is 16.3. The first kappa shape index (κ1) is 18.6. The molecule has 3 rings (SSSR count). The van der Waals surface area contributed by atoms with Crippen LogP contribution in [-0.4, -0.2) is 38.7 Å². The Kier molecular flexibility index (Phi) is 6.05. The van der Waals surface area contributed by atoms with Crippen LogP contribution in [0.15, 0.2) is 40.8 Å². The topological polar surface area (TPSA) is 74.7 Å². The summed E-state index contributed by atoms with van der Waals surface area (Å²) in [5, 5.41) is 5.54. The standard InChI is InChI=1S/C18H20N4O2S2/c1-3-12-7-5-6-8-13(12)20-15(23)11-14-16(24)22(4-2)18(26-14)21-17-19-9-10-25-17/h5-10,14H,3-4,11H2,1-2H3,(H,20,23)/t14-/m1/s1. The molecule has 1 aromatic heterocycles. The number of hydrogen-bond donors (Lipinski definition) is 1. The minimum Gasteiger partial charge on any atom is -0.326 e. The van der Waals surface area contributed by atoms with Gasteiger partial charge in [0.15, 0.2) is 5.17 Å². The molecular formula is C18H20N4O2S2. The number of nitrogens with one attached hydrogen (secondary N) is 1. The van der Waals surface area contributed by atoms with Crippen molar-refractivity contribution < 1.29 is 9.59 Å². The molecule has 1 aromatic carbocycles. The quantitative estimate of drug-likeness (QED) is 0.819. The molecule has 0 radical (unpaired) electrons. The average molecular weight is 389 g/mol. The highest BCUT2D eigenvalue weighted by Gasteiger charge is 2.38. The number of carbonyl (C=O) groups is 2. The van der Waals surface area contributed by atoms with E-state index in [-0.39, 0.29) is 18.2 Å². The third-order valence-electron chi connectivity index (χ3n) is 3.99. The predicted molar refractivity (Wildman–Crippen MR) is 107 cm³/mol. The van der Waals surface area contributed by atoms with E-state index in [4.69, 9.17) is 0 Å². The van der Waals surface area contributed by atoms with Crippen LogP contribution in [-0.2, 0) is 16.0 Å². The van der Waals surface area contributed by atoms with Crippen LogP contribution < -0.4 is 5.32 Å². The van der Waals surface area contributed by atoms with Crippen LogP contribution in [0.4, 0.5) is 10.8 Å². The first-order valence-electron chi connectivity index (χ1n) is 8.46. The number of nitrogens with zero attached hydrogens (tertiary/aromatic N) is 3. The van der Waals surface area contributed by atoms with Crippen LogP contribution in [0.5, 0.6) is 0 Å². The molecule has 2 amide bonds. The average Bonchev–Trinajstić information content (AvgIpc) is 3.24. The highest BCUT2D eigenvalue weighted by atomic mass is 32.2. The number of amidine groups is 1. The summed E-state index contributed by atoms with van der Waals surface area (Å²) in [6, 6.07) is 7.71. The molecule has 1 aliphatic rings. The Hall–Kier alpha value is -2.19. The molecule has 0 saturated carbocycles. The number of rotatable bonds is 6. The molecule has 1 saturated heterocycles. The molecule has 0 spiro atoms. The second-order valence-corrected chi connectivity index (χ2v) is 7.70. The second kappa shape index (κ2) is 8.46. The van der Waals surface area contributed by atoms with Gasteiger partial charge in [-0.25, -0.2) is 4.98 Å². The fourth-order valence-corrected chi connectivity index (χ4v) is 4.45. The molecule has 1 fully saturated rings. The summed E-state index contributed by atoms with van der Waals surface area (Å²) in [5.74, 6) is -0.241. The van der Waals surface area contributed by atoms with E-state index in [1.807, 2.05) is 43.5 Å². The smallest absolute Gasteiger partial charge is 0.242 e. The molecule has 6 nitrogen and oxygen atoms in total. The lowest BCUT2D eigenvalue weighted by atomic mass is 10.1. The summed E-state index contributed by atoms with van der Waals surface area (Å²) in [7, 11) is 0. The van der Waals surface area contributed by atoms with Crippen molar-refractivity contribution in [1.29, 1.82) is 0 Å². The number of anilines is 1. The molecular weight excluding hydrogens is 368 g/mol. The summed E-state index contributed by atoms with van der Waals surface area (Å²) < 4.78 is 0. The maximum atomic E-state index is 12.6. The number of aromatic nitrogens is 1.